The Hall–Kier alpha value is -3.65. The molecule has 44 heavy (non-hydrogen) atoms. The number of fused-ring (bicyclic) bond motifs is 3. The Balaban J connectivity index is 1.60. The lowest BCUT2D eigenvalue weighted by molar-refractivity contribution is -0.139. The van der Waals surface area contributed by atoms with Crippen molar-refractivity contribution in [2.45, 2.75) is 77.7 Å². The fourth-order valence-corrected chi connectivity index (χ4v) is 9.68. The maximum absolute atomic E-state index is 14.6. The van der Waals surface area contributed by atoms with Gasteiger partial charge < -0.3 is 24.5 Å². The van der Waals surface area contributed by atoms with Crippen molar-refractivity contribution in [3.05, 3.63) is 69.8 Å². The quantitative estimate of drug-likeness (QED) is 0.370. The summed E-state index contributed by atoms with van der Waals surface area (Å²) in [7, 11) is 1.35. The third-order valence-corrected chi connectivity index (χ3v) is 11.9. The molecule has 7 atom stereocenters. The molecule has 6 rings (SSSR count). The predicted octanol–water partition coefficient (Wildman–Crippen LogP) is 5.87. The van der Waals surface area contributed by atoms with Crippen LogP contribution in [0.4, 0.5) is 0 Å². The minimum absolute atomic E-state index is 0.00642. The molecule has 1 aromatic heterocycles. The average Bonchev–Trinajstić information content (AvgIpc) is 2.94. The number of phenols is 2. The number of methoxy groups -OCH3 is 1. The second kappa shape index (κ2) is 10.2. The molecule has 2 aromatic rings. The van der Waals surface area contributed by atoms with Crippen LogP contribution in [0.2, 0.25) is 0 Å². The van der Waals surface area contributed by atoms with Crippen molar-refractivity contribution >= 4 is 22.5 Å². The van der Waals surface area contributed by atoms with Gasteiger partial charge in [-0.15, -0.1) is 0 Å². The van der Waals surface area contributed by atoms with Gasteiger partial charge in [0.1, 0.15) is 33.6 Å². The molecule has 3 unspecified atom stereocenters. The molecular formula is C36H42O8. The van der Waals surface area contributed by atoms with Gasteiger partial charge in [0.2, 0.25) is 5.78 Å². The zero-order chi connectivity index (χ0) is 31.9. The summed E-state index contributed by atoms with van der Waals surface area (Å²) in [5.74, 6) is -2.97. The Labute approximate surface area is 257 Å². The summed E-state index contributed by atoms with van der Waals surface area (Å²) in [6.45, 7) is 13.2. The molecule has 8 nitrogen and oxygen atoms in total. The summed E-state index contributed by atoms with van der Waals surface area (Å²) < 4.78 is 11.7. The van der Waals surface area contributed by atoms with E-state index in [9.17, 15) is 29.7 Å². The smallest absolute Gasteiger partial charge is 0.202 e. The lowest BCUT2D eigenvalue weighted by atomic mass is 9.44. The number of carbonyl (C=O) groups excluding carboxylic acids is 2. The first-order valence-electron chi connectivity index (χ1n) is 15.5. The third kappa shape index (κ3) is 4.16. The summed E-state index contributed by atoms with van der Waals surface area (Å²) in [4.78, 5) is 42.1. The number of ether oxygens (including phenoxy) is 1. The van der Waals surface area contributed by atoms with Crippen molar-refractivity contribution in [2.75, 3.05) is 7.11 Å². The molecule has 4 aliphatic carbocycles. The van der Waals surface area contributed by atoms with Crippen molar-refractivity contribution in [1.29, 1.82) is 0 Å². The molecule has 0 amide bonds. The third-order valence-electron chi connectivity index (χ3n) is 11.9. The van der Waals surface area contributed by atoms with Crippen LogP contribution < -0.4 is 5.43 Å². The van der Waals surface area contributed by atoms with Gasteiger partial charge in [-0.25, -0.2) is 0 Å². The number of ketones is 2. The van der Waals surface area contributed by atoms with Gasteiger partial charge in [-0.05, 0) is 67.3 Å². The van der Waals surface area contributed by atoms with Gasteiger partial charge >= 0.3 is 0 Å². The van der Waals surface area contributed by atoms with Crippen molar-refractivity contribution in [2.24, 2.45) is 34.5 Å². The van der Waals surface area contributed by atoms with E-state index in [0.717, 1.165) is 36.5 Å². The second-order valence-corrected chi connectivity index (χ2v) is 14.4. The monoisotopic (exact) mass is 602 g/mol. The van der Waals surface area contributed by atoms with Crippen LogP contribution in [0.5, 0.6) is 11.5 Å². The minimum atomic E-state index is -1.59. The number of hydrogen-bond donors (Lipinski definition) is 3. The second-order valence-electron chi connectivity index (χ2n) is 14.4. The van der Waals surface area contributed by atoms with Crippen LogP contribution in [0.15, 0.2) is 63.0 Å². The average molecular weight is 603 g/mol. The van der Waals surface area contributed by atoms with Crippen LogP contribution in [0.3, 0.4) is 0 Å². The van der Waals surface area contributed by atoms with Gasteiger partial charge in [-0.3, -0.25) is 14.4 Å². The fraction of sp³-hybridized carbons (Fsp3) is 0.528. The van der Waals surface area contributed by atoms with Gasteiger partial charge in [0, 0.05) is 36.1 Å². The van der Waals surface area contributed by atoms with Crippen molar-refractivity contribution in [3.63, 3.8) is 0 Å². The first-order valence-corrected chi connectivity index (χ1v) is 15.5. The molecular weight excluding hydrogens is 560 g/mol. The molecule has 2 fully saturated rings. The lowest BCUT2D eigenvalue weighted by Gasteiger charge is -2.60. The van der Waals surface area contributed by atoms with E-state index in [4.69, 9.17) is 9.15 Å². The van der Waals surface area contributed by atoms with Gasteiger partial charge in [0.15, 0.2) is 17.0 Å². The van der Waals surface area contributed by atoms with E-state index in [2.05, 4.69) is 27.4 Å². The Kier molecular flexibility index (Phi) is 7.04. The molecule has 0 radical (unpaired) electrons. The highest BCUT2D eigenvalue weighted by atomic mass is 16.5. The van der Waals surface area contributed by atoms with Crippen molar-refractivity contribution < 1.29 is 34.1 Å². The molecule has 8 heteroatoms. The summed E-state index contributed by atoms with van der Waals surface area (Å²) in [5, 5.41) is 31.9. The highest BCUT2D eigenvalue weighted by Gasteiger charge is 2.63. The first kappa shape index (κ1) is 30.4. The number of Topliss-reactive ketones (excluding diaryl/α,β-unsaturated/α-hetero) is 1. The summed E-state index contributed by atoms with van der Waals surface area (Å²) in [6.07, 6.45) is 6.85. The zero-order valence-corrected chi connectivity index (χ0v) is 26.1. The van der Waals surface area contributed by atoms with Gasteiger partial charge in [-0.1, -0.05) is 45.4 Å². The zero-order valence-electron chi connectivity index (χ0n) is 26.1. The summed E-state index contributed by atoms with van der Waals surface area (Å²) in [6, 6.07) is 3.50. The van der Waals surface area contributed by atoms with Crippen LogP contribution in [-0.2, 0) is 19.7 Å². The SMILES string of the molecule is C=C1[C@H](O)C[C@@H]2C(C)(C)CCC[C@@]2(C)[C@@H]1CC1C(C)=CCC2C(=O)C(OC)=CC(=O)C21c1cc(=O)c2c(O)cc(O)cc2o1. The van der Waals surface area contributed by atoms with Gasteiger partial charge in [0.25, 0.3) is 0 Å². The topological polar surface area (TPSA) is 134 Å². The molecule has 1 aromatic carbocycles. The number of aliphatic hydroxyl groups excluding tert-OH is 1. The Morgan fingerprint density at radius 1 is 1.07 bits per heavy atom. The Morgan fingerprint density at radius 3 is 2.50 bits per heavy atom. The summed E-state index contributed by atoms with van der Waals surface area (Å²) >= 11 is 0. The number of benzene rings is 1. The molecule has 2 saturated carbocycles. The molecule has 4 aliphatic rings. The van der Waals surface area contributed by atoms with Crippen LogP contribution >= 0.6 is 0 Å². The maximum Gasteiger partial charge on any atom is 0.202 e. The van der Waals surface area contributed by atoms with E-state index in [-0.39, 0.29) is 63.1 Å². The number of phenolic OH excluding ortho intramolecular Hbond substituents is 2. The number of carbonyl (C=O) groups is 2. The number of hydrogen-bond acceptors (Lipinski definition) is 8. The van der Waals surface area contributed by atoms with Gasteiger partial charge in [0.05, 0.1) is 13.2 Å². The Bertz CT molecular complexity index is 1710. The molecule has 0 spiro atoms. The number of aromatic hydroxyl groups is 2. The van der Waals surface area contributed by atoms with E-state index < -0.39 is 40.3 Å². The molecule has 0 aliphatic heterocycles. The highest BCUT2D eigenvalue weighted by Crippen LogP contribution is 2.64. The van der Waals surface area contributed by atoms with Crippen LogP contribution in [-0.4, -0.2) is 40.1 Å². The largest absolute Gasteiger partial charge is 0.508 e. The maximum atomic E-state index is 14.6. The molecule has 0 saturated heterocycles. The minimum Gasteiger partial charge on any atom is -0.508 e. The van der Waals surface area contributed by atoms with Crippen molar-refractivity contribution in [3.8, 4) is 11.5 Å². The van der Waals surface area contributed by atoms with Crippen LogP contribution in [0.25, 0.3) is 11.0 Å². The summed E-state index contributed by atoms with van der Waals surface area (Å²) in [5.41, 5.74) is -0.825. The number of allylic oxidation sites excluding steroid dienone is 4. The van der Waals surface area contributed by atoms with E-state index >= 15 is 0 Å². The first-order chi connectivity index (χ1) is 20.7. The van der Waals surface area contributed by atoms with E-state index in [0.29, 0.717) is 12.8 Å². The van der Waals surface area contributed by atoms with Gasteiger partial charge in [-0.2, -0.15) is 0 Å². The van der Waals surface area contributed by atoms with Crippen LogP contribution in [0, 0.1) is 34.5 Å². The van der Waals surface area contributed by atoms with E-state index in [1.807, 2.05) is 13.0 Å². The molecule has 0 bridgehead atoms. The lowest BCUT2D eigenvalue weighted by Crippen LogP contribution is -2.58. The standard InChI is InChI=1S/C36H42O8/c1-18-8-9-21-33(42)28(43-6)17-30(41)36(21,31-16-26(40)32-25(39)12-20(37)13-27(32)44-31)22(18)14-23-19(2)24(38)15-29-34(3,4)10-7-11-35(23,29)5/h8,12-13,16-17,21-24,29,37-39H,2,7,9-11,14-15H2,1,3-6H3/t21?,22?,23-,24-,29-,35+,36?/m1/s1. The molecule has 234 valence electrons. The van der Waals surface area contributed by atoms with Crippen LogP contribution in [0.1, 0.15) is 72.0 Å². The Morgan fingerprint density at radius 2 is 1.80 bits per heavy atom. The normalized spacial score (nSPS) is 35.0. The number of rotatable bonds is 4. The number of aliphatic hydroxyl groups is 1. The molecule has 1 heterocycles. The highest BCUT2D eigenvalue weighted by molar-refractivity contribution is 6.14. The fourth-order valence-electron chi connectivity index (χ4n) is 9.68. The van der Waals surface area contributed by atoms with E-state index in [1.165, 1.54) is 25.3 Å². The molecule has 3 N–H and O–H groups in total. The van der Waals surface area contributed by atoms with E-state index in [1.54, 1.807) is 0 Å². The predicted molar refractivity (Wildman–Crippen MR) is 165 cm³/mol. The van der Waals surface area contributed by atoms with Crippen molar-refractivity contribution in [1.82, 2.24) is 0 Å².